The molecule has 4 amide bonds. The van der Waals surface area contributed by atoms with E-state index in [0.29, 0.717) is 5.69 Å². The molecule has 31 heavy (non-hydrogen) atoms. The van der Waals surface area contributed by atoms with E-state index in [9.17, 15) is 29.1 Å². The third kappa shape index (κ3) is 9.71. The summed E-state index contributed by atoms with van der Waals surface area (Å²) in [5, 5.41) is 16.4. The van der Waals surface area contributed by atoms with Gasteiger partial charge in [-0.15, -0.1) is 0 Å². The van der Waals surface area contributed by atoms with Crippen LogP contribution in [-0.2, 0) is 30.4 Å². The van der Waals surface area contributed by atoms with Crippen molar-refractivity contribution in [3.05, 3.63) is 18.2 Å². The third-order valence-corrected chi connectivity index (χ3v) is 4.13. The fourth-order valence-corrected chi connectivity index (χ4v) is 2.64. The Labute approximate surface area is 178 Å². The summed E-state index contributed by atoms with van der Waals surface area (Å²) in [5.41, 5.74) is 11.1. The SMILES string of the molecule is CC(C)CC(NC(=O)C(N)CC(N)=O)C(=O)NCC(=O)NC(Cc1cnc[nH]1)C(=O)O. The lowest BCUT2D eigenvalue weighted by molar-refractivity contribution is -0.141. The number of rotatable bonds is 13. The van der Waals surface area contributed by atoms with Gasteiger partial charge in [-0.25, -0.2) is 9.78 Å². The molecule has 0 aliphatic carbocycles. The fourth-order valence-electron chi connectivity index (χ4n) is 2.64. The van der Waals surface area contributed by atoms with Crippen LogP contribution in [0.3, 0.4) is 0 Å². The molecule has 13 heteroatoms. The van der Waals surface area contributed by atoms with Crippen LogP contribution in [0.2, 0.25) is 0 Å². The van der Waals surface area contributed by atoms with Crippen LogP contribution in [0.4, 0.5) is 0 Å². The van der Waals surface area contributed by atoms with E-state index < -0.39 is 54.3 Å². The maximum atomic E-state index is 12.5. The molecule has 0 aliphatic heterocycles. The summed E-state index contributed by atoms with van der Waals surface area (Å²) in [6, 6.07) is -3.43. The summed E-state index contributed by atoms with van der Waals surface area (Å²) < 4.78 is 0. The number of imidazole rings is 1. The van der Waals surface area contributed by atoms with E-state index in [1.165, 1.54) is 12.5 Å². The second kappa shape index (κ2) is 12.3. The predicted molar refractivity (Wildman–Crippen MR) is 108 cm³/mol. The van der Waals surface area contributed by atoms with Gasteiger partial charge in [-0.1, -0.05) is 13.8 Å². The normalized spacial score (nSPS) is 13.7. The van der Waals surface area contributed by atoms with Crippen LogP contribution in [0, 0.1) is 5.92 Å². The number of hydrogen-bond acceptors (Lipinski definition) is 7. The van der Waals surface area contributed by atoms with Crippen LogP contribution in [0.25, 0.3) is 0 Å². The molecule has 1 aromatic rings. The first-order valence-electron chi connectivity index (χ1n) is 9.61. The average Bonchev–Trinajstić information content (AvgIpc) is 3.17. The minimum atomic E-state index is -1.25. The van der Waals surface area contributed by atoms with Crippen molar-refractivity contribution in [3.8, 4) is 0 Å². The zero-order chi connectivity index (χ0) is 23.6. The molecule has 0 spiro atoms. The second-order valence-electron chi connectivity index (χ2n) is 7.42. The van der Waals surface area contributed by atoms with Gasteiger partial charge in [-0.05, 0) is 12.3 Å². The number of nitrogens with one attached hydrogen (secondary N) is 4. The number of nitrogens with two attached hydrogens (primary N) is 2. The van der Waals surface area contributed by atoms with Crippen molar-refractivity contribution in [1.29, 1.82) is 0 Å². The minimum absolute atomic E-state index is 0.0151. The molecule has 0 saturated heterocycles. The van der Waals surface area contributed by atoms with Gasteiger partial charge in [0.05, 0.1) is 25.3 Å². The highest BCUT2D eigenvalue weighted by atomic mass is 16.4. The minimum Gasteiger partial charge on any atom is -0.480 e. The molecular formula is C18H29N7O6. The van der Waals surface area contributed by atoms with Crippen molar-refractivity contribution in [2.75, 3.05) is 6.54 Å². The van der Waals surface area contributed by atoms with Crippen molar-refractivity contribution in [3.63, 3.8) is 0 Å². The summed E-state index contributed by atoms with van der Waals surface area (Å²) in [4.78, 5) is 65.5. The number of aliphatic carboxylic acids is 1. The quantitative estimate of drug-likeness (QED) is 0.172. The highest BCUT2D eigenvalue weighted by Gasteiger charge is 2.26. The van der Waals surface area contributed by atoms with Gasteiger partial charge in [0.1, 0.15) is 12.1 Å². The first-order valence-corrected chi connectivity index (χ1v) is 9.61. The highest BCUT2D eigenvalue weighted by Crippen LogP contribution is 2.06. The molecule has 0 radical (unpaired) electrons. The summed E-state index contributed by atoms with van der Waals surface area (Å²) >= 11 is 0. The molecule has 0 aromatic carbocycles. The first-order chi connectivity index (χ1) is 14.5. The van der Waals surface area contributed by atoms with Crippen LogP contribution in [0.5, 0.6) is 0 Å². The zero-order valence-corrected chi connectivity index (χ0v) is 17.4. The molecular weight excluding hydrogens is 410 g/mol. The molecule has 9 N–H and O–H groups in total. The Morgan fingerprint density at radius 3 is 2.32 bits per heavy atom. The van der Waals surface area contributed by atoms with Crippen LogP contribution in [0.15, 0.2) is 12.5 Å². The molecule has 1 rings (SSSR count). The van der Waals surface area contributed by atoms with Crippen molar-refractivity contribution in [2.45, 2.75) is 51.2 Å². The molecule has 13 nitrogen and oxygen atoms in total. The summed E-state index contributed by atoms with van der Waals surface area (Å²) in [6.45, 7) is 3.16. The van der Waals surface area contributed by atoms with E-state index in [0.717, 1.165) is 0 Å². The fraction of sp³-hybridized carbons (Fsp3) is 0.556. The number of hydrogen-bond donors (Lipinski definition) is 7. The van der Waals surface area contributed by atoms with E-state index in [1.807, 2.05) is 13.8 Å². The van der Waals surface area contributed by atoms with Crippen LogP contribution in [-0.4, -0.2) is 69.3 Å². The van der Waals surface area contributed by atoms with Crippen molar-refractivity contribution >= 4 is 29.6 Å². The van der Waals surface area contributed by atoms with Crippen molar-refractivity contribution < 1.29 is 29.1 Å². The Morgan fingerprint density at radius 1 is 1.13 bits per heavy atom. The van der Waals surface area contributed by atoms with E-state index in [-0.39, 0.29) is 25.2 Å². The van der Waals surface area contributed by atoms with Gasteiger partial charge in [-0.2, -0.15) is 0 Å². The van der Waals surface area contributed by atoms with Gasteiger partial charge in [0, 0.05) is 18.3 Å². The number of carbonyl (C=O) groups is 5. The van der Waals surface area contributed by atoms with Crippen LogP contribution >= 0.6 is 0 Å². The lowest BCUT2D eigenvalue weighted by Crippen LogP contribution is -2.54. The number of primary amides is 1. The smallest absolute Gasteiger partial charge is 0.326 e. The van der Waals surface area contributed by atoms with Crippen LogP contribution in [0.1, 0.15) is 32.4 Å². The number of carboxylic acid groups (broad SMARTS) is 1. The number of aromatic nitrogens is 2. The number of amides is 4. The highest BCUT2D eigenvalue weighted by molar-refractivity contribution is 5.93. The molecule has 3 atom stereocenters. The summed E-state index contributed by atoms with van der Waals surface area (Å²) in [5.74, 6) is -4.09. The molecule has 0 fully saturated rings. The Hall–Kier alpha value is -3.48. The molecule has 1 heterocycles. The van der Waals surface area contributed by atoms with Gasteiger partial charge in [0.15, 0.2) is 0 Å². The predicted octanol–water partition coefficient (Wildman–Crippen LogP) is -2.63. The summed E-state index contributed by atoms with van der Waals surface area (Å²) in [7, 11) is 0. The lowest BCUT2D eigenvalue weighted by Gasteiger charge is -2.22. The Morgan fingerprint density at radius 2 is 1.81 bits per heavy atom. The molecule has 0 bridgehead atoms. The van der Waals surface area contributed by atoms with Gasteiger partial charge in [-0.3, -0.25) is 19.2 Å². The Balaban J connectivity index is 2.64. The Kier molecular flexibility index (Phi) is 10.1. The number of H-pyrrole nitrogens is 1. The molecule has 172 valence electrons. The molecule has 0 aliphatic rings. The Bertz CT molecular complexity index is 780. The molecule has 0 saturated carbocycles. The van der Waals surface area contributed by atoms with E-state index >= 15 is 0 Å². The van der Waals surface area contributed by atoms with E-state index in [4.69, 9.17) is 11.5 Å². The average molecular weight is 439 g/mol. The standard InChI is InChI=1S/C18H29N7O6/c1-9(2)3-12(25-16(28)11(19)5-14(20)26)17(29)22-7-15(27)24-13(18(30)31)4-10-6-21-8-23-10/h6,8-9,11-13H,3-5,7,19H2,1-2H3,(H2,20,26)(H,21,23)(H,22,29)(H,24,27)(H,25,28)(H,30,31). The van der Waals surface area contributed by atoms with Crippen LogP contribution < -0.4 is 27.4 Å². The van der Waals surface area contributed by atoms with E-state index in [2.05, 4.69) is 25.9 Å². The van der Waals surface area contributed by atoms with Gasteiger partial charge in [0.25, 0.3) is 0 Å². The number of nitrogens with zero attached hydrogens (tertiary/aromatic N) is 1. The topological polar surface area (TPSA) is 222 Å². The monoisotopic (exact) mass is 439 g/mol. The first kappa shape index (κ1) is 25.6. The van der Waals surface area contributed by atoms with Gasteiger partial charge >= 0.3 is 5.97 Å². The van der Waals surface area contributed by atoms with Crippen molar-refractivity contribution in [2.24, 2.45) is 17.4 Å². The van der Waals surface area contributed by atoms with E-state index in [1.54, 1.807) is 0 Å². The number of aromatic amines is 1. The largest absolute Gasteiger partial charge is 0.480 e. The zero-order valence-electron chi connectivity index (χ0n) is 17.4. The maximum absolute atomic E-state index is 12.5. The second-order valence-corrected chi connectivity index (χ2v) is 7.42. The third-order valence-electron chi connectivity index (χ3n) is 4.13. The van der Waals surface area contributed by atoms with Gasteiger partial charge in [0.2, 0.25) is 23.6 Å². The van der Waals surface area contributed by atoms with Crippen molar-refractivity contribution in [1.82, 2.24) is 25.9 Å². The molecule has 3 unspecified atom stereocenters. The summed E-state index contributed by atoms with van der Waals surface area (Å²) in [6.07, 6.45) is 2.68. The lowest BCUT2D eigenvalue weighted by atomic mass is 10.0. The number of carboxylic acids is 1. The van der Waals surface area contributed by atoms with Gasteiger partial charge < -0.3 is 37.5 Å². The molecule has 1 aromatic heterocycles. The maximum Gasteiger partial charge on any atom is 0.326 e. The number of carbonyl (C=O) groups excluding carboxylic acids is 4.